The number of anilines is 2. The molecule has 0 heterocycles. The summed E-state index contributed by atoms with van der Waals surface area (Å²) in [6, 6.07) is 18.4. The van der Waals surface area contributed by atoms with Crippen molar-refractivity contribution in [2.24, 2.45) is 10.3 Å². The van der Waals surface area contributed by atoms with Gasteiger partial charge in [-0.05, 0) is 29.4 Å². The Hall–Kier alpha value is -3.22. The van der Waals surface area contributed by atoms with E-state index in [1.165, 1.54) is 0 Å². The number of nitrogens with one attached hydrogen (secondary N) is 4. The number of hydrazone groups is 1. The van der Waals surface area contributed by atoms with Crippen molar-refractivity contribution in [1.29, 1.82) is 5.41 Å². The van der Waals surface area contributed by atoms with E-state index in [1.54, 1.807) is 0 Å². The Morgan fingerprint density at radius 3 is 2.05 bits per heavy atom. The van der Waals surface area contributed by atoms with Gasteiger partial charge in [-0.1, -0.05) is 36.4 Å². The number of hydrogen-bond donors (Lipinski definition) is 4. The molecule has 0 aliphatic heterocycles. The number of rotatable bonds is 4. The van der Waals surface area contributed by atoms with Crippen LogP contribution < -0.4 is 16.3 Å². The van der Waals surface area contributed by atoms with Gasteiger partial charge >= 0.3 is 0 Å². The summed E-state index contributed by atoms with van der Waals surface area (Å²) in [7, 11) is 0. The summed E-state index contributed by atoms with van der Waals surface area (Å²) in [4.78, 5) is 10.5. The van der Waals surface area contributed by atoms with Crippen LogP contribution in [0.25, 0.3) is 0 Å². The van der Waals surface area contributed by atoms with E-state index in [9.17, 15) is 4.91 Å². The lowest BCUT2D eigenvalue weighted by Gasteiger charge is -2.10. The van der Waals surface area contributed by atoms with Crippen molar-refractivity contribution in [2.45, 2.75) is 0 Å². The van der Waals surface area contributed by atoms with Crippen LogP contribution in [0.2, 0.25) is 0 Å². The molecule has 0 aromatic heterocycles. The largest absolute Gasteiger partial charge is 0.299 e. The molecule has 0 atom stereocenters. The van der Waals surface area contributed by atoms with E-state index in [0.717, 1.165) is 11.4 Å². The van der Waals surface area contributed by atoms with Crippen molar-refractivity contribution in [3.05, 3.63) is 65.6 Å². The fraction of sp³-hybridized carbons (Fsp3) is 0. The molecule has 0 aliphatic rings. The van der Waals surface area contributed by atoms with Crippen molar-refractivity contribution in [2.75, 3.05) is 10.9 Å². The van der Waals surface area contributed by atoms with E-state index in [1.807, 2.05) is 60.7 Å². The molecule has 0 unspecified atom stereocenters. The van der Waals surface area contributed by atoms with Crippen LogP contribution in [-0.4, -0.2) is 11.7 Å². The molecule has 2 rings (SSSR count). The van der Waals surface area contributed by atoms with Gasteiger partial charge in [-0.15, -0.1) is 4.91 Å². The molecule has 106 valence electrons. The van der Waals surface area contributed by atoms with Crippen LogP contribution in [0, 0.1) is 10.3 Å². The number of hydrogen-bond acceptors (Lipinski definition) is 5. The minimum Gasteiger partial charge on any atom is -0.299 e. The zero-order valence-electron chi connectivity index (χ0n) is 11.1. The molecule has 0 saturated heterocycles. The second-order valence-corrected chi connectivity index (χ2v) is 3.99. The van der Waals surface area contributed by atoms with Crippen LogP contribution >= 0.6 is 0 Å². The molecule has 7 nitrogen and oxygen atoms in total. The summed E-state index contributed by atoms with van der Waals surface area (Å²) in [6.45, 7) is 0. The SMILES string of the molecule is N=C(N=O)/C(=N\Nc1ccccc1)NNc1ccccc1. The molecule has 0 saturated carbocycles. The quantitative estimate of drug-likeness (QED) is 0.300. The Bertz CT molecular complexity index is 626. The summed E-state index contributed by atoms with van der Waals surface area (Å²) in [5.74, 6) is -0.528. The number of nitroso groups, excluding NO2 is 1. The van der Waals surface area contributed by atoms with Crippen molar-refractivity contribution in [3.63, 3.8) is 0 Å². The molecule has 0 amide bonds. The first-order valence-electron chi connectivity index (χ1n) is 6.17. The van der Waals surface area contributed by atoms with Crippen molar-refractivity contribution < 1.29 is 0 Å². The van der Waals surface area contributed by atoms with Gasteiger partial charge < -0.3 is 0 Å². The summed E-state index contributed by atoms with van der Waals surface area (Å²) < 4.78 is 0. The summed E-state index contributed by atoms with van der Waals surface area (Å²) in [5, 5.41) is 14.0. The Balaban J connectivity index is 2.04. The minimum absolute atomic E-state index is 0.0160. The van der Waals surface area contributed by atoms with Gasteiger partial charge in [0.2, 0.25) is 11.7 Å². The smallest absolute Gasteiger partial charge is 0.235 e. The number of benzene rings is 2. The molecular weight excluding hydrogens is 268 g/mol. The molecule has 0 radical (unpaired) electrons. The Kier molecular flexibility index (Phi) is 4.99. The normalized spacial score (nSPS) is 10.6. The van der Waals surface area contributed by atoms with Crippen LogP contribution in [0.5, 0.6) is 0 Å². The van der Waals surface area contributed by atoms with Gasteiger partial charge in [-0.25, -0.2) is 0 Å². The van der Waals surface area contributed by atoms with Crippen molar-refractivity contribution in [3.8, 4) is 0 Å². The molecular formula is C14H14N6O. The highest BCUT2D eigenvalue weighted by Gasteiger charge is 2.07. The Morgan fingerprint density at radius 1 is 0.905 bits per heavy atom. The van der Waals surface area contributed by atoms with Gasteiger partial charge in [0.25, 0.3) is 0 Å². The van der Waals surface area contributed by atoms with Crippen molar-refractivity contribution >= 4 is 23.0 Å². The molecule has 2 aromatic rings. The third-order valence-corrected chi connectivity index (χ3v) is 2.49. The number of hydrazine groups is 1. The van der Waals surface area contributed by atoms with Crippen LogP contribution in [-0.2, 0) is 0 Å². The minimum atomic E-state index is -0.512. The van der Waals surface area contributed by atoms with Gasteiger partial charge in [-0.2, -0.15) is 5.10 Å². The van der Waals surface area contributed by atoms with Gasteiger partial charge in [0.1, 0.15) is 0 Å². The van der Waals surface area contributed by atoms with Crippen LogP contribution in [0.3, 0.4) is 0 Å². The molecule has 2 aromatic carbocycles. The van der Waals surface area contributed by atoms with Gasteiger partial charge in [0.15, 0.2) is 0 Å². The predicted molar refractivity (Wildman–Crippen MR) is 84.2 cm³/mol. The zero-order chi connectivity index (χ0) is 14.9. The fourth-order valence-electron chi connectivity index (χ4n) is 1.47. The summed E-state index contributed by atoms with van der Waals surface area (Å²) >= 11 is 0. The highest BCUT2D eigenvalue weighted by atomic mass is 16.3. The predicted octanol–water partition coefficient (Wildman–Crippen LogP) is 2.77. The molecule has 21 heavy (non-hydrogen) atoms. The van der Waals surface area contributed by atoms with E-state index in [-0.39, 0.29) is 5.84 Å². The first-order valence-corrected chi connectivity index (χ1v) is 6.17. The third-order valence-electron chi connectivity index (χ3n) is 2.49. The molecule has 0 spiro atoms. The molecule has 0 bridgehead atoms. The summed E-state index contributed by atoms with van der Waals surface area (Å²) in [6.07, 6.45) is 0. The summed E-state index contributed by atoms with van der Waals surface area (Å²) in [5.41, 5.74) is 9.75. The highest BCUT2D eigenvalue weighted by molar-refractivity contribution is 6.39. The Morgan fingerprint density at radius 2 is 1.48 bits per heavy atom. The molecule has 0 aliphatic carbocycles. The third kappa shape index (κ3) is 4.43. The average molecular weight is 282 g/mol. The average Bonchev–Trinajstić information content (AvgIpc) is 2.56. The molecule has 4 N–H and O–H groups in total. The molecule has 0 fully saturated rings. The molecule has 7 heteroatoms. The van der Waals surface area contributed by atoms with Crippen LogP contribution in [0.1, 0.15) is 0 Å². The number of para-hydroxylation sites is 2. The second-order valence-electron chi connectivity index (χ2n) is 3.99. The van der Waals surface area contributed by atoms with E-state index in [4.69, 9.17) is 5.41 Å². The number of nitrogens with zero attached hydrogens (tertiary/aromatic N) is 2. The first kappa shape index (κ1) is 14.2. The van der Waals surface area contributed by atoms with Gasteiger partial charge in [0.05, 0.1) is 11.4 Å². The lowest BCUT2D eigenvalue weighted by atomic mass is 10.3. The maximum absolute atomic E-state index is 10.5. The van der Waals surface area contributed by atoms with Crippen LogP contribution in [0.15, 0.2) is 70.9 Å². The lowest BCUT2D eigenvalue weighted by Crippen LogP contribution is -2.35. The zero-order valence-corrected chi connectivity index (χ0v) is 11.1. The fourth-order valence-corrected chi connectivity index (χ4v) is 1.47. The van der Waals surface area contributed by atoms with E-state index in [2.05, 4.69) is 26.6 Å². The van der Waals surface area contributed by atoms with Gasteiger partial charge in [-0.3, -0.25) is 21.7 Å². The lowest BCUT2D eigenvalue weighted by molar-refractivity contribution is 1.11. The van der Waals surface area contributed by atoms with Crippen LogP contribution in [0.4, 0.5) is 11.4 Å². The standard InChI is InChI=1S/C14H14N6O/c15-13(20-21)14(18-16-11-7-3-1-4-8-11)19-17-12-9-5-2-6-10-12/h1-10,15-17H,(H,18,19). The highest BCUT2D eigenvalue weighted by Crippen LogP contribution is 2.05. The monoisotopic (exact) mass is 282 g/mol. The van der Waals surface area contributed by atoms with E-state index >= 15 is 0 Å². The maximum Gasteiger partial charge on any atom is 0.235 e. The van der Waals surface area contributed by atoms with E-state index in [0.29, 0.717) is 0 Å². The number of amidine groups is 2. The van der Waals surface area contributed by atoms with E-state index < -0.39 is 5.84 Å². The first-order chi connectivity index (χ1) is 10.3. The topological polar surface area (TPSA) is 102 Å². The Labute approximate surface area is 121 Å². The van der Waals surface area contributed by atoms with Gasteiger partial charge in [0, 0.05) is 0 Å². The van der Waals surface area contributed by atoms with Crippen molar-refractivity contribution in [1.82, 2.24) is 5.43 Å². The second kappa shape index (κ2) is 7.39. The maximum atomic E-state index is 10.5.